The summed E-state index contributed by atoms with van der Waals surface area (Å²) >= 11 is 0. The van der Waals surface area contributed by atoms with Gasteiger partial charge in [0.15, 0.2) is 0 Å². The van der Waals surface area contributed by atoms with Crippen LogP contribution in [0.5, 0.6) is 0 Å². The van der Waals surface area contributed by atoms with Crippen molar-refractivity contribution in [3.05, 3.63) is 85.0 Å². The molecule has 35 heavy (non-hydrogen) atoms. The molecule has 0 aliphatic carbocycles. The molecule has 1 fully saturated rings. The number of piperidine rings is 1. The number of hydrogen-bond acceptors (Lipinski definition) is 5. The number of fused-ring (bicyclic) bond motifs is 1. The van der Waals surface area contributed by atoms with Gasteiger partial charge in [-0.05, 0) is 61.2 Å². The molecule has 0 radical (unpaired) electrons. The monoisotopic (exact) mass is 466 g/mol. The van der Waals surface area contributed by atoms with Crippen LogP contribution in [0.4, 0.5) is 0 Å². The Morgan fingerprint density at radius 1 is 0.943 bits per heavy atom. The van der Waals surface area contributed by atoms with E-state index < -0.39 is 0 Å². The van der Waals surface area contributed by atoms with Crippen LogP contribution in [0.3, 0.4) is 0 Å². The van der Waals surface area contributed by atoms with Crippen molar-refractivity contribution in [2.45, 2.75) is 39.8 Å². The summed E-state index contributed by atoms with van der Waals surface area (Å²) in [5.74, 6) is 0. The highest BCUT2D eigenvalue weighted by molar-refractivity contribution is 5.59. The fraction of sp³-hybridized carbons (Fsp3) is 0.333. The molecule has 0 atom stereocenters. The maximum Gasteiger partial charge on any atom is 0.137 e. The molecule has 8 nitrogen and oxygen atoms in total. The molecule has 0 amide bonds. The Kier molecular flexibility index (Phi) is 5.45. The Morgan fingerprint density at radius 2 is 1.77 bits per heavy atom. The summed E-state index contributed by atoms with van der Waals surface area (Å²) < 4.78 is 5.98. The molecule has 6 rings (SSSR count). The molecule has 0 saturated carbocycles. The predicted molar refractivity (Wildman–Crippen MR) is 135 cm³/mol. The standard InChI is InChI=1S/C27H30N8/c1-27(2)7-11-32(12-8-27)16-21-5-6-26-29-23(18-34(26)17-21)19-35-20-25(30-31-35)22-13-24(15-28-14-22)33-9-3-4-10-33/h3-6,9-10,13-15,17-18,20H,7-8,11-12,16,19H2,1-2H3. The van der Waals surface area contributed by atoms with Gasteiger partial charge >= 0.3 is 0 Å². The molecule has 1 saturated heterocycles. The van der Waals surface area contributed by atoms with Crippen LogP contribution in [-0.2, 0) is 13.1 Å². The minimum Gasteiger partial charge on any atom is -0.322 e. The third-order valence-corrected chi connectivity index (χ3v) is 6.96. The first kappa shape index (κ1) is 21.7. The maximum atomic E-state index is 4.79. The van der Waals surface area contributed by atoms with Gasteiger partial charge in [-0.2, -0.15) is 0 Å². The fourth-order valence-electron chi connectivity index (χ4n) is 4.72. The lowest BCUT2D eigenvalue weighted by molar-refractivity contribution is 0.127. The van der Waals surface area contributed by atoms with Gasteiger partial charge in [0.25, 0.3) is 0 Å². The van der Waals surface area contributed by atoms with Gasteiger partial charge in [0.05, 0.1) is 30.3 Å². The summed E-state index contributed by atoms with van der Waals surface area (Å²) in [5, 5.41) is 8.71. The van der Waals surface area contributed by atoms with E-state index in [9.17, 15) is 0 Å². The lowest BCUT2D eigenvalue weighted by atomic mass is 9.82. The molecule has 0 bridgehead atoms. The summed E-state index contributed by atoms with van der Waals surface area (Å²) in [6.07, 6.45) is 16.4. The van der Waals surface area contributed by atoms with E-state index in [0.717, 1.165) is 34.8 Å². The molecule has 0 N–H and O–H groups in total. The summed E-state index contributed by atoms with van der Waals surface area (Å²) in [6.45, 7) is 8.63. The second kappa shape index (κ2) is 8.78. The van der Waals surface area contributed by atoms with Gasteiger partial charge < -0.3 is 8.97 Å². The van der Waals surface area contributed by atoms with Crippen LogP contribution in [0.15, 0.2) is 73.7 Å². The van der Waals surface area contributed by atoms with E-state index in [0.29, 0.717) is 12.0 Å². The molecular formula is C27H30N8. The Balaban J connectivity index is 1.15. The van der Waals surface area contributed by atoms with Gasteiger partial charge in [0, 0.05) is 43.1 Å². The number of hydrogen-bond donors (Lipinski definition) is 0. The SMILES string of the molecule is CC1(C)CCN(Cc2ccc3nc(Cn4cc(-c5cncc(-n6cccc6)c5)nn4)cn3c2)CC1. The van der Waals surface area contributed by atoms with Crippen LogP contribution >= 0.6 is 0 Å². The van der Waals surface area contributed by atoms with Crippen LogP contribution in [0, 0.1) is 5.41 Å². The lowest BCUT2D eigenvalue weighted by Gasteiger charge is -2.36. The molecule has 1 aliphatic heterocycles. The summed E-state index contributed by atoms with van der Waals surface area (Å²) in [7, 11) is 0. The molecule has 5 aromatic rings. The third-order valence-electron chi connectivity index (χ3n) is 6.96. The average molecular weight is 467 g/mol. The van der Waals surface area contributed by atoms with E-state index in [-0.39, 0.29) is 0 Å². The maximum absolute atomic E-state index is 4.79. The van der Waals surface area contributed by atoms with E-state index in [1.165, 1.54) is 31.5 Å². The zero-order valence-electron chi connectivity index (χ0n) is 20.2. The van der Waals surface area contributed by atoms with Crippen molar-refractivity contribution in [2.24, 2.45) is 5.41 Å². The smallest absolute Gasteiger partial charge is 0.137 e. The first-order valence-corrected chi connectivity index (χ1v) is 12.2. The molecule has 5 aromatic heterocycles. The van der Waals surface area contributed by atoms with E-state index in [4.69, 9.17) is 4.98 Å². The van der Waals surface area contributed by atoms with Crippen LogP contribution in [-0.4, -0.2) is 51.9 Å². The molecule has 178 valence electrons. The number of nitrogens with zero attached hydrogens (tertiary/aromatic N) is 8. The van der Waals surface area contributed by atoms with E-state index in [2.05, 4.69) is 69.0 Å². The number of rotatable bonds is 6. The van der Waals surface area contributed by atoms with Crippen molar-refractivity contribution in [2.75, 3.05) is 13.1 Å². The first-order valence-electron chi connectivity index (χ1n) is 12.2. The topological polar surface area (TPSA) is 69.1 Å². The number of likely N-dealkylation sites (tertiary alicyclic amines) is 1. The minimum absolute atomic E-state index is 0.475. The fourth-order valence-corrected chi connectivity index (χ4v) is 4.72. The van der Waals surface area contributed by atoms with Crippen molar-refractivity contribution in [1.29, 1.82) is 0 Å². The molecular weight excluding hydrogens is 436 g/mol. The van der Waals surface area contributed by atoms with Crippen LogP contribution in [0.1, 0.15) is 37.9 Å². The normalized spacial score (nSPS) is 16.2. The third kappa shape index (κ3) is 4.74. The predicted octanol–water partition coefficient (Wildman–Crippen LogP) is 4.45. The highest BCUT2D eigenvalue weighted by Crippen LogP contribution is 2.30. The van der Waals surface area contributed by atoms with Gasteiger partial charge in [0.2, 0.25) is 0 Å². The molecule has 8 heteroatoms. The van der Waals surface area contributed by atoms with E-state index in [1.807, 2.05) is 52.4 Å². The van der Waals surface area contributed by atoms with Gasteiger partial charge in [-0.3, -0.25) is 9.88 Å². The molecule has 1 aliphatic rings. The largest absolute Gasteiger partial charge is 0.322 e. The number of aromatic nitrogens is 7. The second-order valence-corrected chi connectivity index (χ2v) is 10.3. The quantitative estimate of drug-likeness (QED) is 0.370. The van der Waals surface area contributed by atoms with Gasteiger partial charge in [-0.25, -0.2) is 9.67 Å². The molecule has 0 spiro atoms. The van der Waals surface area contributed by atoms with Crippen LogP contribution in [0.25, 0.3) is 22.6 Å². The van der Waals surface area contributed by atoms with E-state index >= 15 is 0 Å². The average Bonchev–Trinajstić information content (AvgIpc) is 3.62. The van der Waals surface area contributed by atoms with Gasteiger partial charge in [-0.1, -0.05) is 25.1 Å². The van der Waals surface area contributed by atoms with Crippen LogP contribution in [0.2, 0.25) is 0 Å². The van der Waals surface area contributed by atoms with Gasteiger partial charge in [-0.15, -0.1) is 5.10 Å². The second-order valence-electron chi connectivity index (χ2n) is 10.3. The Bertz CT molecular complexity index is 1430. The molecule has 0 aromatic carbocycles. The van der Waals surface area contributed by atoms with Crippen molar-refractivity contribution in [3.63, 3.8) is 0 Å². The first-order chi connectivity index (χ1) is 17.0. The zero-order valence-corrected chi connectivity index (χ0v) is 20.2. The summed E-state index contributed by atoms with van der Waals surface area (Å²) in [4.78, 5) is 11.7. The summed E-state index contributed by atoms with van der Waals surface area (Å²) in [5.41, 5.74) is 6.42. The van der Waals surface area contributed by atoms with Crippen molar-refractivity contribution < 1.29 is 0 Å². The Hall–Kier alpha value is -3.78. The van der Waals surface area contributed by atoms with Crippen molar-refractivity contribution in [3.8, 4) is 16.9 Å². The van der Waals surface area contributed by atoms with Crippen molar-refractivity contribution >= 4 is 5.65 Å². The molecule has 6 heterocycles. The molecule has 0 unspecified atom stereocenters. The zero-order chi connectivity index (χ0) is 23.8. The number of imidazole rings is 1. The Morgan fingerprint density at radius 3 is 2.60 bits per heavy atom. The number of pyridine rings is 2. The van der Waals surface area contributed by atoms with Gasteiger partial charge in [0.1, 0.15) is 11.3 Å². The lowest BCUT2D eigenvalue weighted by Crippen LogP contribution is -2.36. The Labute approximate surface area is 204 Å². The van der Waals surface area contributed by atoms with E-state index in [1.54, 1.807) is 0 Å². The summed E-state index contributed by atoms with van der Waals surface area (Å²) in [6, 6.07) is 10.4. The van der Waals surface area contributed by atoms with Crippen molar-refractivity contribution in [1.82, 2.24) is 38.8 Å². The highest BCUT2D eigenvalue weighted by Gasteiger charge is 2.25. The van der Waals surface area contributed by atoms with Crippen LogP contribution < -0.4 is 0 Å². The highest BCUT2D eigenvalue weighted by atomic mass is 15.4. The minimum atomic E-state index is 0.475.